The molecule has 0 atom stereocenters. The maximum absolute atomic E-state index is 5.35. The first kappa shape index (κ1) is 12.9. The monoisotopic (exact) mass is 187 g/mol. The number of nitrogens with one attached hydrogen (secondary N) is 1. The third-order valence-corrected chi connectivity index (χ3v) is 1.91. The van der Waals surface area contributed by atoms with E-state index in [9.17, 15) is 0 Å². The molecule has 80 valence electrons. The summed E-state index contributed by atoms with van der Waals surface area (Å²) in [4.78, 5) is 0. The smallest absolute Gasteiger partial charge is 0.0590 e. The van der Waals surface area contributed by atoms with Crippen LogP contribution in [-0.4, -0.2) is 26.3 Å². The Labute approximate surface area is 83.1 Å². The minimum atomic E-state index is 0.832. The normalized spacial score (nSPS) is 11.1. The van der Waals surface area contributed by atoms with Gasteiger partial charge in [-0.2, -0.15) is 0 Å². The van der Waals surface area contributed by atoms with Crippen molar-refractivity contribution in [3.05, 3.63) is 0 Å². The van der Waals surface area contributed by atoms with E-state index in [2.05, 4.69) is 26.1 Å². The minimum Gasteiger partial charge on any atom is -0.380 e. The zero-order valence-corrected chi connectivity index (χ0v) is 9.44. The van der Waals surface area contributed by atoms with Gasteiger partial charge in [0.2, 0.25) is 0 Å². The van der Waals surface area contributed by atoms with E-state index < -0.39 is 0 Å². The Bertz CT molecular complexity index is 94.1. The van der Waals surface area contributed by atoms with E-state index in [1.165, 1.54) is 12.8 Å². The molecule has 0 fully saturated rings. The molecule has 2 heteroatoms. The van der Waals surface area contributed by atoms with Gasteiger partial charge in [0.25, 0.3) is 0 Å². The summed E-state index contributed by atoms with van der Waals surface area (Å²) in [5, 5.41) is 3.37. The number of rotatable bonds is 9. The lowest BCUT2D eigenvalue weighted by atomic mass is 10.1. The molecular formula is C11H25NO. The lowest BCUT2D eigenvalue weighted by molar-refractivity contribution is 0.136. The first-order valence-corrected chi connectivity index (χ1v) is 5.55. The van der Waals surface area contributed by atoms with Crippen LogP contribution < -0.4 is 5.32 Å². The topological polar surface area (TPSA) is 21.3 Å². The predicted molar refractivity (Wildman–Crippen MR) is 58.1 cm³/mol. The molecule has 0 saturated carbocycles. The highest BCUT2D eigenvalue weighted by Gasteiger charge is 1.93. The number of ether oxygens (including phenoxy) is 1. The van der Waals surface area contributed by atoms with Crippen LogP contribution in [0.5, 0.6) is 0 Å². The van der Waals surface area contributed by atoms with Gasteiger partial charge in [-0.05, 0) is 31.7 Å². The molecule has 0 rings (SSSR count). The van der Waals surface area contributed by atoms with Crippen molar-refractivity contribution >= 4 is 0 Å². The largest absolute Gasteiger partial charge is 0.380 e. The molecule has 0 aliphatic carbocycles. The molecule has 0 unspecified atom stereocenters. The van der Waals surface area contributed by atoms with E-state index in [4.69, 9.17) is 4.74 Å². The molecule has 1 N–H and O–H groups in total. The third-order valence-electron chi connectivity index (χ3n) is 1.91. The summed E-state index contributed by atoms with van der Waals surface area (Å²) in [5.74, 6) is 0.832. The summed E-state index contributed by atoms with van der Waals surface area (Å²) in [5.41, 5.74) is 0. The van der Waals surface area contributed by atoms with Gasteiger partial charge in [-0.25, -0.2) is 0 Å². The van der Waals surface area contributed by atoms with Crippen LogP contribution in [0, 0.1) is 5.92 Å². The van der Waals surface area contributed by atoms with Crippen LogP contribution in [0.15, 0.2) is 0 Å². The molecule has 0 radical (unpaired) electrons. The van der Waals surface area contributed by atoms with Crippen LogP contribution in [0.2, 0.25) is 0 Å². The van der Waals surface area contributed by atoms with Crippen LogP contribution in [0.4, 0.5) is 0 Å². The molecule has 0 saturated heterocycles. The zero-order chi connectivity index (χ0) is 9.94. The standard InChI is InChI=1S/C11H25NO/c1-4-9-13-10-8-12-7-5-6-11(2)3/h11-12H,4-10H2,1-3H3. The molecule has 0 bridgehead atoms. The van der Waals surface area contributed by atoms with Gasteiger partial charge in [0.1, 0.15) is 0 Å². The molecule has 0 heterocycles. The van der Waals surface area contributed by atoms with Gasteiger partial charge in [0, 0.05) is 13.2 Å². The van der Waals surface area contributed by atoms with Crippen molar-refractivity contribution in [2.45, 2.75) is 40.0 Å². The van der Waals surface area contributed by atoms with Crippen molar-refractivity contribution in [3.63, 3.8) is 0 Å². The van der Waals surface area contributed by atoms with Gasteiger partial charge >= 0.3 is 0 Å². The Balaban J connectivity index is 2.84. The summed E-state index contributed by atoms with van der Waals surface area (Å²) in [6.45, 7) is 10.6. The lowest BCUT2D eigenvalue weighted by Crippen LogP contribution is -2.21. The van der Waals surface area contributed by atoms with Crippen molar-refractivity contribution in [1.82, 2.24) is 5.32 Å². The van der Waals surface area contributed by atoms with Gasteiger partial charge in [-0.1, -0.05) is 20.8 Å². The molecule has 0 amide bonds. The second kappa shape index (κ2) is 10.0. The molecule has 0 spiro atoms. The van der Waals surface area contributed by atoms with E-state index >= 15 is 0 Å². The van der Waals surface area contributed by atoms with E-state index in [1.54, 1.807) is 0 Å². The van der Waals surface area contributed by atoms with Gasteiger partial charge in [0.15, 0.2) is 0 Å². The fourth-order valence-corrected chi connectivity index (χ4v) is 1.15. The Morgan fingerprint density at radius 1 is 1.15 bits per heavy atom. The van der Waals surface area contributed by atoms with Crippen molar-refractivity contribution < 1.29 is 4.74 Å². The van der Waals surface area contributed by atoms with Gasteiger partial charge in [-0.3, -0.25) is 0 Å². The molecule has 0 aromatic rings. The summed E-state index contributed by atoms with van der Waals surface area (Å²) in [6.07, 6.45) is 3.72. The second-order valence-electron chi connectivity index (χ2n) is 3.90. The Kier molecular flexibility index (Phi) is 9.94. The maximum Gasteiger partial charge on any atom is 0.0590 e. The Morgan fingerprint density at radius 2 is 1.92 bits per heavy atom. The Morgan fingerprint density at radius 3 is 2.54 bits per heavy atom. The predicted octanol–water partition coefficient (Wildman–Crippen LogP) is 2.44. The van der Waals surface area contributed by atoms with Crippen molar-refractivity contribution in [2.75, 3.05) is 26.3 Å². The van der Waals surface area contributed by atoms with Gasteiger partial charge in [0.05, 0.1) is 6.61 Å². The molecule has 0 aromatic carbocycles. The number of hydrogen-bond donors (Lipinski definition) is 1. The SMILES string of the molecule is CCCOCCNCCCC(C)C. The van der Waals surface area contributed by atoms with E-state index in [-0.39, 0.29) is 0 Å². The first-order valence-electron chi connectivity index (χ1n) is 5.55. The highest BCUT2D eigenvalue weighted by Crippen LogP contribution is 2.01. The quantitative estimate of drug-likeness (QED) is 0.560. The Hall–Kier alpha value is -0.0800. The molecule has 2 nitrogen and oxygen atoms in total. The summed E-state index contributed by atoms with van der Waals surface area (Å²) in [6, 6.07) is 0. The minimum absolute atomic E-state index is 0.832. The fourth-order valence-electron chi connectivity index (χ4n) is 1.15. The van der Waals surface area contributed by atoms with E-state index in [0.717, 1.165) is 38.6 Å². The lowest BCUT2D eigenvalue weighted by Gasteiger charge is -2.06. The van der Waals surface area contributed by atoms with Crippen molar-refractivity contribution in [2.24, 2.45) is 5.92 Å². The zero-order valence-electron chi connectivity index (χ0n) is 9.44. The van der Waals surface area contributed by atoms with Crippen molar-refractivity contribution in [1.29, 1.82) is 0 Å². The molecule has 0 aromatic heterocycles. The van der Waals surface area contributed by atoms with Gasteiger partial charge < -0.3 is 10.1 Å². The average Bonchev–Trinajstić information content (AvgIpc) is 2.09. The summed E-state index contributed by atoms with van der Waals surface area (Å²) >= 11 is 0. The summed E-state index contributed by atoms with van der Waals surface area (Å²) in [7, 11) is 0. The third kappa shape index (κ3) is 11.9. The van der Waals surface area contributed by atoms with Crippen molar-refractivity contribution in [3.8, 4) is 0 Å². The number of hydrogen-bond acceptors (Lipinski definition) is 2. The fraction of sp³-hybridized carbons (Fsp3) is 1.00. The van der Waals surface area contributed by atoms with Crippen LogP contribution >= 0.6 is 0 Å². The van der Waals surface area contributed by atoms with Crippen LogP contribution in [-0.2, 0) is 4.74 Å². The molecule has 0 aliphatic rings. The molecular weight excluding hydrogens is 162 g/mol. The van der Waals surface area contributed by atoms with Crippen LogP contribution in [0.25, 0.3) is 0 Å². The molecule has 13 heavy (non-hydrogen) atoms. The first-order chi connectivity index (χ1) is 6.27. The average molecular weight is 187 g/mol. The molecule has 0 aliphatic heterocycles. The van der Waals surface area contributed by atoms with E-state index in [1.807, 2.05) is 0 Å². The summed E-state index contributed by atoms with van der Waals surface area (Å²) < 4.78 is 5.35. The van der Waals surface area contributed by atoms with Crippen LogP contribution in [0.3, 0.4) is 0 Å². The van der Waals surface area contributed by atoms with Gasteiger partial charge in [-0.15, -0.1) is 0 Å². The highest BCUT2D eigenvalue weighted by atomic mass is 16.5. The maximum atomic E-state index is 5.35. The van der Waals surface area contributed by atoms with E-state index in [0.29, 0.717) is 0 Å². The van der Waals surface area contributed by atoms with Crippen LogP contribution in [0.1, 0.15) is 40.0 Å². The highest BCUT2D eigenvalue weighted by molar-refractivity contribution is 4.50. The second-order valence-corrected chi connectivity index (χ2v) is 3.90.